The molecule has 1 nitrogen and oxygen atoms in total. The molecule has 0 unspecified atom stereocenters. The quantitative estimate of drug-likeness (QED) is 0.685. The van der Waals surface area contributed by atoms with Crippen LogP contribution < -0.4 is 4.90 Å². The van der Waals surface area contributed by atoms with E-state index in [0.717, 1.165) is 10.4 Å². The van der Waals surface area contributed by atoms with Crippen LogP contribution in [-0.2, 0) is 5.88 Å². The molecule has 0 bridgehead atoms. The molecule has 3 heteroatoms. The van der Waals surface area contributed by atoms with Crippen molar-refractivity contribution in [1.29, 1.82) is 0 Å². The van der Waals surface area contributed by atoms with Crippen LogP contribution in [0.25, 0.3) is 0 Å². The van der Waals surface area contributed by atoms with E-state index in [1.807, 2.05) is 0 Å². The molecule has 0 N–H and O–H groups in total. The molecule has 2 rings (SSSR count). The number of nitrogens with zero attached hydrogens (tertiary/aromatic N) is 1. The average molecular weight is 331 g/mol. The topological polar surface area (TPSA) is 3.24 Å². The summed E-state index contributed by atoms with van der Waals surface area (Å²) in [5.74, 6) is 1.44. The third-order valence-corrected chi connectivity index (χ3v) is 4.78. The van der Waals surface area contributed by atoms with Gasteiger partial charge in [0.05, 0.1) is 5.69 Å². The van der Waals surface area contributed by atoms with Crippen LogP contribution in [0.3, 0.4) is 0 Å². The van der Waals surface area contributed by atoms with Gasteiger partial charge >= 0.3 is 0 Å². The number of alkyl halides is 1. The van der Waals surface area contributed by atoms with Crippen LogP contribution >= 0.6 is 27.5 Å². The Morgan fingerprint density at radius 2 is 2.00 bits per heavy atom. The van der Waals surface area contributed by atoms with Gasteiger partial charge in [-0.3, -0.25) is 0 Å². The lowest BCUT2D eigenvalue weighted by Crippen LogP contribution is -2.27. The first-order valence-electron chi connectivity index (χ1n) is 6.76. The van der Waals surface area contributed by atoms with Crippen LogP contribution in [0.4, 0.5) is 5.69 Å². The summed E-state index contributed by atoms with van der Waals surface area (Å²) in [4.78, 5) is 2.37. The highest BCUT2D eigenvalue weighted by molar-refractivity contribution is 9.10. The summed E-state index contributed by atoms with van der Waals surface area (Å²) in [7, 11) is 2.19. The Bertz CT molecular complexity index is 388. The highest BCUT2D eigenvalue weighted by atomic mass is 79.9. The van der Waals surface area contributed by atoms with Crippen LogP contribution in [0, 0.1) is 5.92 Å². The van der Waals surface area contributed by atoms with Gasteiger partial charge in [0.1, 0.15) is 0 Å². The zero-order valence-electron chi connectivity index (χ0n) is 11.0. The first-order valence-corrected chi connectivity index (χ1v) is 8.09. The number of anilines is 1. The van der Waals surface area contributed by atoms with Crippen molar-refractivity contribution in [3.8, 4) is 0 Å². The molecule has 0 heterocycles. The van der Waals surface area contributed by atoms with Crippen LogP contribution in [0.5, 0.6) is 0 Å². The molecular formula is C15H21BrClN. The van der Waals surface area contributed by atoms with Gasteiger partial charge in [-0.15, -0.1) is 11.6 Å². The highest BCUT2D eigenvalue weighted by Gasteiger charge is 2.16. The van der Waals surface area contributed by atoms with Crippen LogP contribution in [0.2, 0.25) is 0 Å². The Balaban J connectivity index is 2.01. The van der Waals surface area contributed by atoms with Crippen molar-refractivity contribution in [3.63, 3.8) is 0 Å². The smallest absolute Gasteiger partial charge is 0.0508 e. The summed E-state index contributed by atoms with van der Waals surface area (Å²) in [6.07, 6.45) is 7.02. The van der Waals surface area contributed by atoms with Crippen molar-refractivity contribution < 1.29 is 0 Å². The van der Waals surface area contributed by atoms with E-state index in [1.165, 1.54) is 49.9 Å². The van der Waals surface area contributed by atoms with Gasteiger partial charge in [0.25, 0.3) is 0 Å². The third-order valence-electron chi connectivity index (χ3n) is 3.83. The average Bonchev–Trinajstić information content (AvgIpc) is 2.39. The Morgan fingerprint density at radius 1 is 1.28 bits per heavy atom. The van der Waals surface area contributed by atoms with Crippen molar-refractivity contribution >= 4 is 33.2 Å². The molecule has 1 fully saturated rings. The van der Waals surface area contributed by atoms with E-state index >= 15 is 0 Å². The van der Waals surface area contributed by atoms with E-state index in [2.05, 4.69) is 46.1 Å². The fourth-order valence-electron chi connectivity index (χ4n) is 2.80. The van der Waals surface area contributed by atoms with Gasteiger partial charge in [0, 0.05) is 23.9 Å². The normalized spacial score (nSPS) is 16.8. The zero-order chi connectivity index (χ0) is 13.0. The van der Waals surface area contributed by atoms with E-state index in [0.29, 0.717) is 5.88 Å². The number of hydrogen-bond acceptors (Lipinski definition) is 1. The van der Waals surface area contributed by atoms with E-state index in [1.54, 1.807) is 0 Å². The van der Waals surface area contributed by atoms with Crippen LogP contribution in [0.15, 0.2) is 22.7 Å². The Kier molecular flexibility index (Phi) is 5.38. The minimum absolute atomic E-state index is 0.575. The van der Waals surface area contributed by atoms with Crippen molar-refractivity contribution in [3.05, 3.63) is 28.2 Å². The zero-order valence-corrected chi connectivity index (χ0v) is 13.3. The first-order chi connectivity index (χ1) is 8.70. The van der Waals surface area contributed by atoms with E-state index in [4.69, 9.17) is 11.6 Å². The molecule has 100 valence electrons. The lowest BCUT2D eigenvalue weighted by Gasteiger charge is -2.29. The van der Waals surface area contributed by atoms with Crippen molar-refractivity contribution in [2.75, 3.05) is 18.5 Å². The molecule has 1 aromatic rings. The van der Waals surface area contributed by atoms with Crippen LogP contribution in [0.1, 0.15) is 37.7 Å². The monoisotopic (exact) mass is 329 g/mol. The molecule has 0 atom stereocenters. The van der Waals surface area contributed by atoms with Gasteiger partial charge < -0.3 is 4.90 Å². The van der Waals surface area contributed by atoms with Crippen molar-refractivity contribution in [2.24, 2.45) is 5.92 Å². The number of benzene rings is 1. The number of hydrogen-bond donors (Lipinski definition) is 0. The number of rotatable bonds is 4. The predicted octanol–water partition coefficient (Wildman–Crippen LogP) is 5.20. The minimum atomic E-state index is 0.575. The maximum Gasteiger partial charge on any atom is 0.0508 e. The second-order valence-electron chi connectivity index (χ2n) is 5.30. The standard InChI is InChI=1S/C15H21BrClN/c1-18(11-12-5-3-2-4-6-12)15-8-7-13(10-17)9-14(15)16/h7-9,12H,2-6,10-11H2,1H3. The van der Waals surface area contributed by atoms with Gasteiger partial charge in [-0.1, -0.05) is 25.3 Å². The molecule has 1 aliphatic rings. The molecule has 1 aliphatic carbocycles. The Morgan fingerprint density at radius 3 is 2.61 bits per heavy atom. The first kappa shape index (κ1) is 14.2. The van der Waals surface area contributed by atoms with E-state index in [-0.39, 0.29) is 0 Å². The van der Waals surface area contributed by atoms with E-state index < -0.39 is 0 Å². The fraction of sp³-hybridized carbons (Fsp3) is 0.600. The lowest BCUT2D eigenvalue weighted by atomic mass is 9.89. The predicted molar refractivity (Wildman–Crippen MR) is 83.5 cm³/mol. The van der Waals surface area contributed by atoms with Gasteiger partial charge in [-0.2, -0.15) is 0 Å². The molecular weight excluding hydrogens is 310 g/mol. The molecule has 0 amide bonds. The summed E-state index contributed by atoms with van der Waals surface area (Å²) in [6, 6.07) is 6.41. The van der Waals surface area contributed by atoms with Gasteiger partial charge in [-0.25, -0.2) is 0 Å². The summed E-state index contributed by atoms with van der Waals surface area (Å²) < 4.78 is 1.15. The van der Waals surface area contributed by atoms with Gasteiger partial charge in [-0.05, 0) is 52.4 Å². The largest absolute Gasteiger partial charge is 0.373 e. The third kappa shape index (κ3) is 3.64. The molecule has 0 aromatic heterocycles. The molecule has 0 radical (unpaired) electrons. The molecule has 1 saturated carbocycles. The number of halogens is 2. The summed E-state index contributed by atoms with van der Waals surface area (Å²) in [5, 5.41) is 0. The second-order valence-corrected chi connectivity index (χ2v) is 6.43. The van der Waals surface area contributed by atoms with Gasteiger partial charge in [0.2, 0.25) is 0 Å². The maximum absolute atomic E-state index is 5.85. The maximum atomic E-state index is 5.85. The lowest BCUT2D eigenvalue weighted by molar-refractivity contribution is 0.362. The van der Waals surface area contributed by atoms with Crippen molar-refractivity contribution in [2.45, 2.75) is 38.0 Å². The SMILES string of the molecule is CN(CC1CCCCC1)c1ccc(CCl)cc1Br. The van der Waals surface area contributed by atoms with Crippen LogP contribution in [-0.4, -0.2) is 13.6 Å². The second kappa shape index (κ2) is 6.81. The summed E-state index contributed by atoms with van der Waals surface area (Å²) in [5.41, 5.74) is 2.44. The highest BCUT2D eigenvalue weighted by Crippen LogP contribution is 2.30. The molecule has 0 saturated heterocycles. The summed E-state index contributed by atoms with van der Waals surface area (Å²) >= 11 is 9.51. The van der Waals surface area contributed by atoms with E-state index in [9.17, 15) is 0 Å². The van der Waals surface area contributed by atoms with Gasteiger partial charge in [0.15, 0.2) is 0 Å². The minimum Gasteiger partial charge on any atom is -0.373 e. The molecule has 18 heavy (non-hydrogen) atoms. The Labute approximate surface area is 124 Å². The van der Waals surface area contributed by atoms with Crippen molar-refractivity contribution in [1.82, 2.24) is 0 Å². The Hall–Kier alpha value is -0.210. The summed E-state index contributed by atoms with van der Waals surface area (Å²) in [6.45, 7) is 1.17. The molecule has 1 aromatic carbocycles. The fourth-order valence-corrected chi connectivity index (χ4v) is 3.69. The molecule has 0 aliphatic heterocycles. The molecule has 0 spiro atoms.